The topological polar surface area (TPSA) is 9.23 Å². The van der Waals surface area contributed by atoms with Crippen molar-refractivity contribution in [2.24, 2.45) is 5.92 Å². The van der Waals surface area contributed by atoms with Crippen LogP contribution in [0.4, 0.5) is 0 Å². The molecule has 1 unspecified atom stereocenters. The minimum Gasteiger partial charge on any atom is -0.501 e. The zero-order chi connectivity index (χ0) is 9.80. The molecule has 14 heavy (non-hydrogen) atoms. The fraction of sp³-hybridized carbons (Fsp3) is 0.385. The molecule has 1 nitrogen and oxygen atoms in total. The molecule has 1 saturated carbocycles. The highest BCUT2D eigenvalue weighted by atomic mass is 16.5. The van der Waals surface area contributed by atoms with E-state index in [1.54, 1.807) is 6.26 Å². The second-order valence-corrected chi connectivity index (χ2v) is 3.85. The summed E-state index contributed by atoms with van der Waals surface area (Å²) in [7, 11) is 0. The minimum atomic E-state index is 0.564. The summed E-state index contributed by atoms with van der Waals surface area (Å²) in [6.07, 6.45) is 4.23. The molecule has 1 atom stereocenters. The summed E-state index contributed by atoms with van der Waals surface area (Å²) in [5.41, 5.74) is 1.40. The highest BCUT2D eigenvalue weighted by Crippen LogP contribution is 2.42. The van der Waals surface area contributed by atoms with Gasteiger partial charge in [-0.05, 0) is 24.3 Å². The number of hydrogen-bond donors (Lipinski definition) is 0. The lowest BCUT2D eigenvalue weighted by molar-refractivity contribution is 0.217. The van der Waals surface area contributed by atoms with Crippen LogP contribution < -0.4 is 0 Å². The molecule has 2 rings (SSSR count). The fourth-order valence-electron chi connectivity index (χ4n) is 1.88. The van der Waals surface area contributed by atoms with Crippen molar-refractivity contribution in [1.29, 1.82) is 0 Å². The van der Waals surface area contributed by atoms with Gasteiger partial charge in [-0.25, -0.2) is 0 Å². The summed E-state index contributed by atoms with van der Waals surface area (Å²) in [5.74, 6) is 1.39. The van der Waals surface area contributed by atoms with E-state index in [0.29, 0.717) is 5.92 Å². The summed E-state index contributed by atoms with van der Waals surface area (Å²) < 4.78 is 5.32. The molecule has 0 aromatic heterocycles. The van der Waals surface area contributed by atoms with E-state index in [-0.39, 0.29) is 0 Å². The molecule has 1 heteroatoms. The lowest BCUT2D eigenvalue weighted by atomic mass is 9.95. The lowest BCUT2D eigenvalue weighted by Gasteiger charge is -2.15. The van der Waals surface area contributed by atoms with Gasteiger partial charge in [0.2, 0.25) is 0 Å². The van der Waals surface area contributed by atoms with Crippen LogP contribution >= 0.6 is 0 Å². The Hall–Kier alpha value is -1.24. The summed E-state index contributed by atoms with van der Waals surface area (Å²) in [4.78, 5) is 0. The number of hydrogen-bond acceptors (Lipinski definition) is 1. The van der Waals surface area contributed by atoms with Crippen molar-refractivity contribution in [3.63, 3.8) is 0 Å². The average molecular weight is 188 g/mol. The Morgan fingerprint density at radius 1 is 1.36 bits per heavy atom. The molecule has 1 aliphatic rings. The van der Waals surface area contributed by atoms with E-state index in [1.807, 2.05) is 0 Å². The first-order valence-corrected chi connectivity index (χ1v) is 5.19. The fourth-order valence-corrected chi connectivity index (χ4v) is 1.88. The van der Waals surface area contributed by atoms with Crippen molar-refractivity contribution in [3.8, 4) is 0 Å². The summed E-state index contributed by atoms with van der Waals surface area (Å²) in [5, 5.41) is 0. The molecule has 1 aliphatic carbocycles. The third-order valence-corrected chi connectivity index (χ3v) is 2.81. The number of benzene rings is 1. The summed E-state index contributed by atoms with van der Waals surface area (Å²) in [6, 6.07) is 10.6. The molecule has 74 valence electrons. The van der Waals surface area contributed by atoms with E-state index >= 15 is 0 Å². The normalized spacial score (nSPS) is 17.4. The standard InChI is InChI=1S/C13H16O/c1-2-14-10-13(12-8-9-12)11-6-4-3-5-7-11/h2-7,12-13H,1,8-10H2. The van der Waals surface area contributed by atoms with Gasteiger partial charge in [-0.15, -0.1) is 0 Å². The highest BCUT2D eigenvalue weighted by Gasteiger charge is 2.32. The first kappa shape index (κ1) is 9.32. The molecule has 0 bridgehead atoms. The molecule has 0 aliphatic heterocycles. The van der Waals surface area contributed by atoms with Crippen molar-refractivity contribution in [2.75, 3.05) is 6.61 Å². The zero-order valence-corrected chi connectivity index (χ0v) is 8.36. The van der Waals surface area contributed by atoms with Gasteiger partial charge in [0.05, 0.1) is 12.9 Å². The zero-order valence-electron chi connectivity index (χ0n) is 8.36. The van der Waals surface area contributed by atoms with Gasteiger partial charge < -0.3 is 4.74 Å². The van der Waals surface area contributed by atoms with Gasteiger partial charge in [0.1, 0.15) is 0 Å². The third-order valence-electron chi connectivity index (χ3n) is 2.81. The Morgan fingerprint density at radius 3 is 2.64 bits per heavy atom. The van der Waals surface area contributed by atoms with Crippen LogP contribution in [0.15, 0.2) is 43.2 Å². The van der Waals surface area contributed by atoms with E-state index in [1.165, 1.54) is 18.4 Å². The van der Waals surface area contributed by atoms with E-state index < -0.39 is 0 Å². The van der Waals surface area contributed by atoms with Gasteiger partial charge in [-0.1, -0.05) is 36.9 Å². The van der Waals surface area contributed by atoms with E-state index in [4.69, 9.17) is 4.74 Å². The molecule has 0 radical (unpaired) electrons. The van der Waals surface area contributed by atoms with E-state index in [0.717, 1.165) is 12.5 Å². The Balaban J connectivity index is 2.06. The predicted octanol–water partition coefficient (Wildman–Crippen LogP) is 3.34. The Morgan fingerprint density at radius 2 is 2.07 bits per heavy atom. The van der Waals surface area contributed by atoms with E-state index in [2.05, 4.69) is 36.9 Å². The average Bonchev–Trinajstić information content (AvgIpc) is 3.04. The van der Waals surface area contributed by atoms with Crippen molar-refractivity contribution in [3.05, 3.63) is 48.7 Å². The van der Waals surface area contributed by atoms with Gasteiger partial charge in [0.25, 0.3) is 0 Å². The van der Waals surface area contributed by atoms with Crippen LogP contribution in [0.3, 0.4) is 0 Å². The van der Waals surface area contributed by atoms with Crippen LogP contribution in [0.5, 0.6) is 0 Å². The van der Waals surface area contributed by atoms with Crippen molar-refractivity contribution in [1.82, 2.24) is 0 Å². The summed E-state index contributed by atoms with van der Waals surface area (Å²) in [6.45, 7) is 4.36. The smallest absolute Gasteiger partial charge is 0.0944 e. The Labute approximate surface area is 85.4 Å². The predicted molar refractivity (Wildman–Crippen MR) is 58.1 cm³/mol. The molecule has 1 fully saturated rings. The number of ether oxygens (including phenoxy) is 1. The quantitative estimate of drug-likeness (QED) is 0.644. The molecule has 0 spiro atoms. The maximum atomic E-state index is 5.32. The molecule has 1 aromatic carbocycles. The first-order valence-electron chi connectivity index (χ1n) is 5.19. The first-order chi connectivity index (χ1) is 6.92. The van der Waals surface area contributed by atoms with Gasteiger partial charge in [0, 0.05) is 5.92 Å². The highest BCUT2D eigenvalue weighted by molar-refractivity contribution is 5.21. The maximum absolute atomic E-state index is 5.32. The van der Waals surface area contributed by atoms with Crippen LogP contribution in [0.25, 0.3) is 0 Å². The van der Waals surface area contributed by atoms with Gasteiger partial charge in [0.15, 0.2) is 0 Å². The SMILES string of the molecule is C=COCC(c1ccccc1)C1CC1. The third kappa shape index (κ3) is 2.16. The van der Waals surface area contributed by atoms with Crippen molar-refractivity contribution < 1.29 is 4.74 Å². The number of rotatable bonds is 5. The van der Waals surface area contributed by atoms with Crippen LogP contribution in [-0.4, -0.2) is 6.61 Å². The Bertz CT molecular complexity index is 287. The van der Waals surface area contributed by atoms with Gasteiger partial charge >= 0.3 is 0 Å². The van der Waals surface area contributed by atoms with Crippen molar-refractivity contribution in [2.45, 2.75) is 18.8 Å². The minimum absolute atomic E-state index is 0.564. The van der Waals surface area contributed by atoms with Crippen LogP contribution in [0, 0.1) is 5.92 Å². The lowest BCUT2D eigenvalue weighted by Crippen LogP contribution is -2.07. The second kappa shape index (κ2) is 4.32. The molecule has 0 saturated heterocycles. The van der Waals surface area contributed by atoms with Crippen molar-refractivity contribution >= 4 is 0 Å². The maximum Gasteiger partial charge on any atom is 0.0944 e. The molecular weight excluding hydrogens is 172 g/mol. The van der Waals surface area contributed by atoms with Gasteiger partial charge in [-0.3, -0.25) is 0 Å². The molecule has 0 N–H and O–H groups in total. The monoisotopic (exact) mass is 188 g/mol. The summed E-state index contributed by atoms with van der Waals surface area (Å²) >= 11 is 0. The van der Waals surface area contributed by atoms with E-state index in [9.17, 15) is 0 Å². The van der Waals surface area contributed by atoms with Crippen LogP contribution in [0.2, 0.25) is 0 Å². The van der Waals surface area contributed by atoms with Crippen LogP contribution in [0.1, 0.15) is 24.3 Å². The second-order valence-electron chi connectivity index (χ2n) is 3.85. The Kier molecular flexibility index (Phi) is 2.87. The molecule has 0 heterocycles. The molecule has 1 aromatic rings. The largest absolute Gasteiger partial charge is 0.501 e. The molecular formula is C13H16O. The molecule has 0 amide bonds. The van der Waals surface area contributed by atoms with Crippen LogP contribution in [-0.2, 0) is 4.74 Å². The van der Waals surface area contributed by atoms with Gasteiger partial charge in [-0.2, -0.15) is 0 Å².